The van der Waals surface area contributed by atoms with Gasteiger partial charge in [-0.2, -0.15) is 13.2 Å². The second-order valence-electron chi connectivity index (χ2n) is 5.02. The molecule has 1 aliphatic rings. The van der Waals surface area contributed by atoms with Gasteiger partial charge in [0.2, 0.25) is 5.91 Å². The maximum Gasteiger partial charge on any atom is 0.416 e. The molecular weight excluding hydrogens is 349 g/mol. The molecule has 0 spiro atoms. The Morgan fingerprint density at radius 3 is 2.48 bits per heavy atom. The first-order valence-corrected chi connectivity index (χ1v) is 7.55. The van der Waals surface area contributed by atoms with E-state index in [0.717, 1.165) is 44.5 Å². The second kappa shape index (κ2) is 6.68. The summed E-state index contributed by atoms with van der Waals surface area (Å²) >= 11 is 3.05. The van der Waals surface area contributed by atoms with Gasteiger partial charge in [0.15, 0.2) is 0 Å². The van der Waals surface area contributed by atoms with Gasteiger partial charge >= 0.3 is 6.18 Å². The van der Waals surface area contributed by atoms with E-state index in [1.807, 2.05) is 0 Å². The van der Waals surface area contributed by atoms with Gasteiger partial charge in [-0.15, -0.1) is 0 Å². The van der Waals surface area contributed by atoms with Crippen LogP contribution in [0.4, 0.5) is 18.9 Å². The van der Waals surface area contributed by atoms with E-state index >= 15 is 0 Å². The molecule has 0 aromatic heterocycles. The van der Waals surface area contributed by atoms with Crippen molar-refractivity contribution in [3.8, 4) is 0 Å². The lowest BCUT2D eigenvalue weighted by molar-refractivity contribution is -0.137. The molecule has 0 atom stereocenters. The second-order valence-corrected chi connectivity index (χ2v) is 5.94. The van der Waals surface area contributed by atoms with Crippen molar-refractivity contribution in [2.75, 3.05) is 25.0 Å². The molecule has 1 N–H and O–H groups in total. The molecule has 0 aliphatic carbocycles. The molecule has 0 saturated carbocycles. The first-order chi connectivity index (χ1) is 9.86. The number of anilines is 1. The lowest BCUT2D eigenvalue weighted by atomic mass is 10.1. The molecular formula is C14H16BrF3N2O. The van der Waals surface area contributed by atoms with Gasteiger partial charge in [0, 0.05) is 23.2 Å². The Morgan fingerprint density at radius 2 is 1.86 bits per heavy atom. The Kier molecular flexibility index (Phi) is 5.13. The van der Waals surface area contributed by atoms with Gasteiger partial charge in [-0.3, -0.25) is 4.79 Å². The maximum absolute atomic E-state index is 12.7. The van der Waals surface area contributed by atoms with Crippen molar-refractivity contribution in [2.24, 2.45) is 0 Å². The van der Waals surface area contributed by atoms with E-state index in [1.54, 1.807) is 4.90 Å². The number of nitrogens with zero attached hydrogens (tertiary/aromatic N) is 1. The molecule has 1 amide bonds. The van der Waals surface area contributed by atoms with Crippen molar-refractivity contribution in [3.63, 3.8) is 0 Å². The minimum absolute atomic E-state index is 0.00769. The number of carbonyl (C=O) groups excluding carboxylic acids is 1. The molecule has 1 aromatic rings. The van der Waals surface area contributed by atoms with Crippen LogP contribution < -0.4 is 5.32 Å². The quantitative estimate of drug-likeness (QED) is 0.882. The van der Waals surface area contributed by atoms with E-state index in [2.05, 4.69) is 21.2 Å². The van der Waals surface area contributed by atoms with E-state index in [9.17, 15) is 18.0 Å². The highest BCUT2D eigenvalue weighted by Crippen LogP contribution is 2.33. The van der Waals surface area contributed by atoms with Crippen LogP contribution in [0.1, 0.15) is 24.8 Å². The maximum atomic E-state index is 12.7. The van der Waals surface area contributed by atoms with Crippen molar-refractivity contribution in [1.29, 1.82) is 0 Å². The highest BCUT2D eigenvalue weighted by molar-refractivity contribution is 9.10. The van der Waals surface area contributed by atoms with Crippen molar-refractivity contribution in [1.82, 2.24) is 4.90 Å². The van der Waals surface area contributed by atoms with Gasteiger partial charge in [0.25, 0.3) is 0 Å². The number of nitrogens with one attached hydrogen (secondary N) is 1. The number of amides is 1. The van der Waals surface area contributed by atoms with Crippen molar-refractivity contribution in [2.45, 2.75) is 25.4 Å². The van der Waals surface area contributed by atoms with Crippen molar-refractivity contribution < 1.29 is 18.0 Å². The van der Waals surface area contributed by atoms with Crippen LogP contribution in [0.15, 0.2) is 22.7 Å². The molecule has 1 saturated heterocycles. The Morgan fingerprint density at radius 1 is 1.19 bits per heavy atom. The molecule has 21 heavy (non-hydrogen) atoms. The van der Waals surface area contributed by atoms with Crippen LogP contribution in [0.25, 0.3) is 0 Å². The predicted octanol–water partition coefficient (Wildman–Crippen LogP) is 3.89. The van der Waals surface area contributed by atoms with Gasteiger partial charge in [-0.05, 0) is 37.5 Å². The van der Waals surface area contributed by atoms with Crippen LogP contribution in [-0.2, 0) is 11.0 Å². The summed E-state index contributed by atoms with van der Waals surface area (Å²) in [6.45, 7) is 1.47. The van der Waals surface area contributed by atoms with Crippen LogP contribution in [0.2, 0.25) is 0 Å². The smallest absolute Gasteiger partial charge is 0.376 e. The molecule has 0 radical (unpaired) electrons. The first-order valence-electron chi connectivity index (χ1n) is 6.76. The molecule has 7 heteroatoms. The number of rotatable bonds is 3. The number of hydrogen-bond acceptors (Lipinski definition) is 2. The fourth-order valence-corrected chi connectivity index (χ4v) is 2.78. The van der Waals surface area contributed by atoms with Crippen LogP contribution in [0.5, 0.6) is 0 Å². The fraction of sp³-hybridized carbons (Fsp3) is 0.500. The van der Waals surface area contributed by atoms with Crippen LogP contribution in [0.3, 0.4) is 0 Å². The summed E-state index contributed by atoms with van der Waals surface area (Å²) in [5, 5.41) is 2.77. The fourth-order valence-electron chi connectivity index (χ4n) is 2.29. The zero-order chi connectivity index (χ0) is 15.5. The van der Waals surface area contributed by atoms with Gasteiger partial charge in [-0.25, -0.2) is 0 Å². The number of piperidine rings is 1. The van der Waals surface area contributed by atoms with Gasteiger partial charge in [0.05, 0.1) is 12.1 Å². The number of carbonyl (C=O) groups is 1. The number of alkyl halides is 3. The monoisotopic (exact) mass is 364 g/mol. The number of likely N-dealkylation sites (tertiary alicyclic amines) is 1. The zero-order valence-electron chi connectivity index (χ0n) is 11.3. The standard InChI is InChI=1S/C14H16BrF3N2O/c15-11-6-10(14(16,17)18)7-12(8-11)19-9-13(21)20-4-2-1-3-5-20/h6-8,19H,1-5,9H2. The molecule has 1 fully saturated rings. The Bertz CT molecular complexity index is 513. The molecule has 0 bridgehead atoms. The molecule has 3 nitrogen and oxygen atoms in total. The van der Waals surface area contributed by atoms with E-state index < -0.39 is 11.7 Å². The first kappa shape index (κ1) is 16.1. The summed E-state index contributed by atoms with van der Waals surface area (Å²) in [6, 6.07) is 3.55. The average Bonchev–Trinajstić information content (AvgIpc) is 2.44. The minimum atomic E-state index is -4.41. The topological polar surface area (TPSA) is 32.3 Å². The van der Waals surface area contributed by atoms with Crippen LogP contribution in [-0.4, -0.2) is 30.4 Å². The highest BCUT2D eigenvalue weighted by atomic mass is 79.9. The number of hydrogen-bond donors (Lipinski definition) is 1. The van der Waals surface area contributed by atoms with Crippen molar-refractivity contribution in [3.05, 3.63) is 28.2 Å². The third-order valence-corrected chi connectivity index (χ3v) is 3.84. The molecule has 116 valence electrons. The largest absolute Gasteiger partial charge is 0.416 e. The highest BCUT2D eigenvalue weighted by Gasteiger charge is 2.31. The number of benzene rings is 1. The third kappa shape index (κ3) is 4.62. The third-order valence-electron chi connectivity index (χ3n) is 3.38. The van der Waals surface area contributed by atoms with Crippen LogP contribution >= 0.6 is 15.9 Å². The van der Waals surface area contributed by atoms with Crippen LogP contribution in [0, 0.1) is 0 Å². The van der Waals surface area contributed by atoms with E-state index in [1.165, 1.54) is 6.07 Å². The Balaban J connectivity index is 1.99. The zero-order valence-corrected chi connectivity index (χ0v) is 12.9. The van der Waals surface area contributed by atoms with Gasteiger partial charge < -0.3 is 10.2 Å². The molecule has 0 unspecified atom stereocenters. The van der Waals surface area contributed by atoms with Crippen molar-refractivity contribution >= 4 is 27.5 Å². The van der Waals surface area contributed by atoms with E-state index in [-0.39, 0.29) is 18.1 Å². The van der Waals surface area contributed by atoms with Gasteiger partial charge in [-0.1, -0.05) is 15.9 Å². The summed E-state index contributed by atoms with van der Waals surface area (Å²) < 4.78 is 38.5. The molecule has 2 rings (SSSR count). The van der Waals surface area contributed by atoms with E-state index in [0.29, 0.717) is 4.47 Å². The average molecular weight is 365 g/mol. The summed E-state index contributed by atoms with van der Waals surface area (Å²) in [5.74, 6) is -0.0803. The minimum Gasteiger partial charge on any atom is -0.376 e. The summed E-state index contributed by atoms with van der Waals surface area (Å²) in [5.41, 5.74) is -0.466. The molecule has 1 heterocycles. The SMILES string of the molecule is O=C(CNc1cc(Br)cc(C(F)(F)F)c1)N1CCCCC1. The van der Waals surface area contributed by atoms with E-state index in [4.69, 9.17) is 0 Å². The lowest BCUT2D eigenvalue weighted by Crippen LogP contribution is -2.39. The summed E-state index contributed by atoms with van der Waals surface area (Å²) in [7, 11) is 0. The summed E-state index contributed by atoms with van der Waals surface area (Å²) in [4.78, 5) is 13.7. The molecule has 1 aromatic carbocycles. The van der Waals surface area contributed by atoms with Gasteiger partial charge in [0.1, 0.15) is 0 Å². The Hall–Kier alpha value is -1.24. The molecule has 1 aliphatic heterocycles. The Labute approximate surface area is 129 Å². The number of halogens is 4. The normalized spacial score (nSPS) is 15.9. The predicted molar refractivity (Wildman–Crippen MR) is 78.1 cm³/mol. The lowest BCUT2D eigenvalue weighted by Gasteiger charge is -2.27. The summed E-state index contributed by atoms with van der Waals surface area (Å²) in [6.07, 6.45) is -1.31.